The molecule has 2 aliphatic carbocycles. The van der Waals surface area contributed by atoms with Crippen molar-refractivity contribution >= 4 is 27.7 Å². The predicted octanol–water partition coefficient (Wildman–Crippen LogP) is 1.56. The summed E-state index contributed by atoms with van der Waals surface area (Å²) < 4.78 is 0. The first-order chi connectivity index (χ1) is 10.1. The van der Waals surface area contributed by atoms with E-state index in [1.165, 1.54) is 4.90 Å². The van der Waals surface area contributed by atoms with Gasteiger partial charge in [-0.3, -0.25) is 14.5 Å². The van der Waals surface area contributed by atoms with E-state index in [1.54, 1.807) is 0 Å². The van der Waals surface area contributed by atoms with Gasteiger partial charge in [0.25, 0.3) is 0 Å². The van der Waals surface area contributed by atoms with Crippen LogP contribution in [0.1, 0.15) is 12.0 Å². The summed E-state index contributed by atoms with van der Waals surface area (Å²) in [4.78, 5) is 26.6. The minimum Gasteiger partial charge on any atom is -0.392 e. The van der Waals surface area contributed by atoms with Crippen molar-refractivity contribution in [2.24, 2.45) is 23.7 Å². The molecule has 4 rings (SSSR count). The van der Waals surface area contributed by atoms with Crippen molar-refractivity contribution in [1.82, 2.24) is 4.90 Å². The predicted molar refractivity (Wildman–Crippen MR) is 79.3 cm³/mol. The fourth-order valence-electron chi connectivity index (χ4n) is 4.37. The Labute approximate surface area is 131 Å². The van der Waals surface area contributed by atoms with Crippen molar-refractivity contribution in [3.05, 3.63) is 35.9 Å². The third-order valence-electron chi connectivity index (χ3n) is 5.31. The van der Waals surface area contributed by atoms with Gasteiger partial charge in [-0.05, 0) is 23.8 Å². The highest BCUT2D eigenvalue weighted by atomic mass is 79.9. The van der Waals surface area contributed by atoms with E-state index in [1.807, 2.05) is 30.3 Å². The molecule has 0 radical (unpaired) electrons. The minimum absolute atomic E-state index is 0.0577. The number of hydrogen-bond donors (Lipinski definition) is 1. The number of benzene rings is 1. The maximum absolute atomic E-state index is 12.6. The number of alkyl halides is 1. The summed E-state index contributed by atoms with van der Waals surface area (Å²) in [6.45, 7) is 0.341. The van der Waals surface area contributed by atoms with Gasteiger partial charge < -0.3 is 5.11 Å². The van der Waals surface area contributed by atoms with Crippen molar-refractivity contribution in [1.29, 1.82) is 0 Å². The van der Waals surface area contributed by atoms with E-state index in [9.17, 15) is 14.7 Å². The quantitative estimate of drug-likeness (QED) is 0.651. The molecule has 1 aromatic rings. The molecule has 1 heterocycles. The lowest BCUT2D eigenvalue weighted by atomic mass is 9.79. The number of halogens is 1. The largest absolute Gasteiger partial charge is 0.392 e. The highest BCUT2D eigenvalue weighted by molar-refractivity contribution is 9.09. The average molecular weight is 350 g/mol. The van der Waals surface area contributed by atoms with E-state index >= 15 is 0 Å². The van der Waals surface area contributed by atoms with E-state index in [4.69, 9.17) is 0 Å². The number of carbonyl (C=O) groups excluding carboxylic acids is 2. The maximum atomic E-state index is 12.6. The smallest absolute Gasteiger partial charge is 0.233 e. The number of likely N-dealkylation sites (tertiary alicyclic amines) is 1. The molecule has 3 fully saturated rings. The summed E-state index contributed by atoms with van der Waals surface area (Å²) in [6, 6.07) is 9.57. The molecule has 4 nitrogen and oxygen atoms in total. The van der Waals surface area contributed by atoms with Crippen LogP contribution in [0.2, 0.25) is 0 Å². The van der Waals surface area contributed by atoms with Crippen LogP contribution in [0.4, 0.5) is 0 Å². The summed E-state index contributed by atoms with van der Waals surface area (Å²) in [5, 5.41) is 10.2. The first kappa shape index (κ1) is 13.5. The van der Waals surface area contributed by atoms with Crippen LogP contribution in [0.5, 0.6) is 0 Å². The highest BCUT2D eigenvalue weighted by Crippen LogP contribution is 2.58. The number of amides is 2. The Balaban J connectivity index is 1.62. The van der Waals surface area contributed by atoms with Crippen molar-refractivity contribution in [2.75, 3.05) is 0 Å². The van der Waals surface area contributed by atoms with Crippen LogP contribution in [0.25, 0.3) is 0 Å². The molecule has 0 unspecified atom stereocenters. The second kappa shape index (κ2) is 4.65. The Hall–Kier alpha value is -1.20. The Morgan fingerprint density at radius 3 is 2.38 bits per heavy atom. The van der Waals surface area contributed by atoms with Crippen molar-refractivity contribution < 1.29 is 14.7 Å². The minimum atomic E-state index is -0.510. The molecule has 1 aromatic carbocycles. The van der Waals surface area contributed by atoms with Crippen LogP contribution in [-0.4, -0.2) is 32.8 Å². The van der Waals surface area contributed by atoms with Crippen LogP contribution in [-0.2, 0) is 16.1 Å². The molecule has 1 N–H and O–H groups in total. The zero-order valence-corrected chi connectivity index (χ0v) is 12.9. The van der Waals surface area contributed by atoms with Gasteiger partial charge >= 0.3 is 0 Å². The molecule has 5 heteroatoms. The highest BCUT2D eigenvalue weighted by Gasteiger charge is 2.66. The third-order valence-corrected chi connectivity index (χ3v) is 6.53. The first-order valence-electron chi connectivity index (χ1n) is 7.31. The molecule has 0 aromatic heterocycles. The molecule has 6 atom stereocenters. The van der Waals surface area contributed by atoms with Gasteiger partial charge in [-0.1, -0.05) is 46.3 Å². The van der Waals surface area contributed by atoms with Crippen LogP contribution in [0.15, 0.2) is 30.3 Å². The van der Waals surface area contributed by atoms with Crippen molar-refractivity contribution in [3.63, 3.8) is 0 Å². The lowest BCUT2D eigenvalue weighted by Crippen LogP contribution is -2.40. The average Bonchev–Trinajstić information content (AvgIpc) is 3.09. The Bertz CT molecular complexity index is 573. The molecule has 2 bridgehead atoms. The van der Waals surface area contributed by atoms with Gasteiger partial charge in [-0.15, -0.1) is 0 Å². The first-order valence-corrected chi connectivity index (χ1v) is 8.22. The number of aliphatic hydroxyl groups excluding tert-OH is 1. The summed E-state index contributed by atoms with van der Waals surface area (Å²) in [6.07, 6.45) is 0.271. The van der Waals surface area contributed by atoms with Gasteiger partial charge in [-0.25, -0.2) is 0 Å². The SMILES string of the molecule is O=C1[C@@H]2[C@H]3C[C@@H]([C@H](Br)[C@@H]3O)[C@H]2C(=O)N1Cc1ccccc1. The van der Waals surface area contributed by atoms with Crippen LogP contribution < -0.4 is 0 Å². The van der Waals surface area contributed by atoms with E-state index < -0.39 is 6.10 Å². The van der Waals surface area contributed by atoms with Gasteiger partial charge in [-0.2, -0.15) is 0 Å². The molecule has 3 aliphatic rings. The number of fused-ring (bicyclic) bond motifs is 5. The van der Waals surface area contributed by atoms with E-state index in [-0.39, 0.29) is 40.3 Å². The maximum Gasteiger partial charge on any atom is 0.233 e. The molecule has 0 spiro atoms. The molecule has 21 heavy (non-hydrogen) atoms. The third kappa shape index (κ3) is 1.77. The summed E-state index contributed by atoms with van der Waals surface area (Å²) in [5.74, 6) is -0.680. The van der Waals surface area contributed by atoms with Gasteiger partial charge in [0.2, 0.25) is 11.8 Å². The number of nitrogens with zero attached hydrogens (tertiary/aromatic N) is 1. The molecule has 1 saturated heterocycles. The molecule has 2 amide bonds. The zero-order chi connectivity index (χ0) is 14.7. The fraction of sp³-hybridized carbons (Fsp3) is 0.500. The lowest BCUT2D eigenvalue weighted by Gasteiger charge is -2.29. The Morgan fingerprint density at radius 2 is 1.71 bits per heavy atom. The fourth-order valence-corrected chi connectivity index (χ4v) is 5.31. The molecular weight excluding hydrogens is 334 g/mol. The summed E-state index contributed by atoms with van der Waals surface area (Å²) >= 11 is 3.50. The Morgan fingerprint density at radius 1 is 1.10 bits per heavy atom. The number of carbonyl (C=O) groups is 2. The number of hydrogen-bond acceptors (Lipinski definition) is 3. The topological polar surface area (TPSA) is 57.6 Å². The van der Waals surface area contributed by atoms with Gasteiger partial charge in [0.15, 0.2) is 0 Å². The van der Waals surface area contributed by atoms with Crippen molar-refractivity contribution in [3.8, 4) is 0 Å². The van der Waals surface area contributed by atoms with Gasteiger partial charge in [0.1, 0.15) is 0 Å². The second-order valence-electron chi connectivity index (χ2n) is 6.30. The Kier molecular flexibility index (Phi) is 2.98. The van der Waals surface area contributed by atoms with Gasteiger partial charge in [0, 0.05) is 4.83 Å². The normalized spacial score (nSPS) is 41.0. The van der Waals surface area contributed by atoms with E-state index in [0.717, 1.165) is 12.0 Å². The molecule has 110 valence electrons. The lowest BCUT2D eigenvalue weighted by molar-refractivity contribution is -0.141. The van der Waals surface area contributed by atoms with Crippen molar-refractivity contribution in [2.45, 2.75) is 23.9 Å². The second-order valence-corrected chi connectivity index (χ2v) is 7.36. The van der Waals surface area contributed by atoms with Crippen LogP contribution in [0, 0.1) is 23.7 Å². The molecule has 1 aliphatic heterocycles. The monoisotopic (exact) mass is 349 g/mol. The van der Waals surface area contributed by atoms with E-state index in [2.05, 4.69) is 15.9 Å². The van der Waals surface area contributed by atoms with Crippen LogP contribution >= 0.6 is 15.9 Å². The zero-order valence-electron chi connectivity index (χ0n) is 11.4. The molecular formula is C16H16BrNO3. The number of aliphatic hydroxyl groups is 1. The summed E-state index contributed by atoms with van der Waals surface area (Å²) in [7, 11) is 0. The van der Waals surface area contributed by atoms with E-state index in [0.29, 0.717) is 6.54 Å². The number of imide groups is 1. The van der Waals surface area contributed by atoms with Gasteiger partial charge in [0.05, 0.1) is 24.5 Å². The standard InChI is InChI=1S/C16H16BrNO3/c17-13-9-6-10(14(13)19)12-11(9)15(20)18(16(12)21)7-8-4-2-1-3-5-8/h1-5,9-14,19H,6-7H2/t9-,10-,11-,12-,13+,14-/m1/s1. The molecule has 2 saturated carbocycles. The summed E-state index contributed by atoms with van der Waals surface area (Å²) in [5.41, 5.74) is 0.961. The van der Waals surface area contributed by atoms with Crippen LogP contribution in [0.3, 0.4) is 0 Å². The number of rotatable bonds is 2.